The molecule has 0 unspecified atom stereocenters. The second-order valence-corrected chi connectivity index (χ2v) is 5.82. The predicted octanol–water partition coefficient (Wildman–Crippen LogP) is 3.38. The molecular weight excluding hydrogens is 324 g/mol. The molecule has 0 radical (unpaired) electrons. The number of hydrogen-bond acceptors (Lipinski definition) is 4. The van der Waals surface area contributed by atoms with Crippen molar-refractivity contribution < 1.29 is 9.90 Å². The number of aliphatic carboxylic acids is 1. The number of carbonyl (C=O) groups excluding carboxylic acids is 1. The topological polar surface area (TPSA) is 65.9 Å². The molecule has 0 aliphatic rings. The molecule has 0 bridgehead atoms. The highest BCUT2D eigenvalue weighted by Gasteiger charge is 2.12. The van der Waals surface area contributed by atoms with Crippen LogP contribution in [0.1, 0.15) is 56.3 Å². The lowest BCUT2D eigenvalue weighted by Crippen LogP contribution is -2.16. The summed E-state index contributed by atoms with van der Waals surface area (Å²) >= 11 is 6.33. The van der Waals surface area contributed by atoms with Gasteiger partial charge in [0.25, 0.3) is 0 Å². The molecule has 2 aromatic rings. The fraction of sp³-hybridized carbons (Fsp3) is 0.421. The Labute approximate surface area is 148 Å². The zero-order valence-electron chi connectivity index (χ0n) is 14.5. The number of hydrogen-bond donors (Lipinski definition) is 0. The molecule has 0 atom stereocenters. The lowest BCUT2D eigenvalue weighted by molar-refractivity contribution is -0.302. The normalized spacial score (nSPS) is 10.0. The molecule has 0 N–H and O–H groups in total. The third kappa shape index (κ3) is 7.09. The van der Waals surface area contributed by atoms with Gasteiger partial charge in [-0.2, -0.15) is 0 Å². The molecule has 130 valence electrons. The zero-order chi connectivity index (χ0) is 17.9. The molecule has 4 nitrogen and oxygen atoms in total. The third-order valence-electron chi connectivity index (χ3n) is 3.41. The van der Waals surface area contributed by atoms with Gasteiger partial charge in [-0.25, -0.2) is 9.97 Å². The van der Waals surface area contributed by atoms with Gasteiger partial charge in [-0.15, -0.1) is 0 Å². The quantitative estimate of drug-likeness (QED) is 0.751. The second kappa shape index (κ2) is 10.8. The lowest BCUT2D eigenvalue weighted by atomic mass is 10.0. The number of rotatable bonds is 6. The molecule has 24 heavy (non-hydrogen) atoms. The SMILES string of the molecule is CC(=O)[O-].CCCCc1nc(Cl)c(CC)c(Cc2ccccc2)n1. The summed E-state index contributed by atoms with van der Waals surface area (Å²) in [6, 6.07) is 10.4. The summed E-state index contributed by atoms with van der Waals surface area (Å²) in [6.07, 6.45) is 4.85. The van der Waals surface area contributed by atoms with Crippen molar-refractivity contribution in [3.05, 3.63) is 58.1 Å². The smallest absolute Gasteiger partial charge is 0.136 e. The molecular formula is C19H24ClN2O2-. The second-order valence-electron chi connectivity index (χ2n) is 5.47. The van der Waals surface area contributed by atoms with Crippen molar-refractivity contribution in [1.82, 2.24) is 9.97 Å². The number of carbonyl (C=O) groups is 1. The Morgan fingerprint density at radius 2 is 1.79 bits per heavy atom. The Morgan fingerprint density at radius 3 is 2.33 bits per heavy atom. The molecule has 0 amide bonds. The summed E-state index contributed by atoms with van der Waals surface area (Å²) in [4.78, 5) is 18.1. The highest BCUT2D eigenvalue weighted by atomic mass is 35.5. The van der Waals surface area contributed by atoms with Gasteiger partial charge in [-0.1, -0.05) is 62.2 Å². The van der Waals surface area contributed by atoms with Gasteiger partial charge in [0.15, 0.2) is 0 Å². The minimum atomic E-state index is -1.08. The van der Waals surface area contributed by atoms with Gasteiger partial charge >= 0.3 is 0 Å². The van der Waals surface area contributed by atoms with Crippen LogP contribution in [0, 0.1) is 0 Å². The maximum Gasteiger partial charge on any atom is 0.136 e. The van der Waals surface area contributed by atoms with Gasteiger partial charge in [0, 0.05) is 24.4 Å². The molecule has 0 saturated heterocycles. The van der Waals surface area contributed by atoms with Crippen LogP contribution in [-0.4, -0.2) is 15.9 Å². The van der Waals surface area contributed by atoms with Crippen LogP contribution < -0.4 is 5.11 Å². The Hall–Kier alpha value is -1.94. The number of benzene rings is 1. The molecule has 0 fully saturated rings. The maximum atomic E-state index is 8.89. The van der Waals surface area contributed by atoms with Crippen LogP contribution >= 0.6 is 11.6 Å². The first kappa shape index (κ1) is 20.1. The van der Waals surface area contributed by atoms with Gasteiger partial charge in [0.05, 0.1) is 5.69 Å². The van der Waals surface area contributed by atoms with E-state index in [9.17, 15) is 0 Å². The van der Waals surface area contributed by atoms with Crippen LogP contribution in [0.4, 0.5) is 0 Å². The molecule has 0 aliphatic heterocycles. The Kier molecular flexibility index (Phi) is 9.02. The van der Waals surface area contributed by atoms with Crippen LogP contribution in [0.15, 0.2) is 30.3 Å². The highest BCUT2D eigenvalue weighted by molar-refractivity contribution is 6.30. The van der Waals surface area contributed by atoms with Crippen LogP contribution in [-0.2, 0) is 24.1 Å². The van der Waals surface area contributed by atoms with Crippen molar-refractivity contribution in [2.75, 3.05) is 0 Å². The summed E-state index contributed by atoms with van der Waals surface area (Å²) in [5.41, 5.74) is 3.42. The van der Waals surface area contributed by atoms with E-state index < -0.39 is 5.97 Å². The lowest BCUT2D eigenvalue weighted by Gasteiger charge is -2.11. The molecule has 1 aromatic heterocycles. The molecule has 2 rings (SSSR count). The van der Waals surface area contributed by atoms with Crippen molar-refractivity contribution in [1.29, 1.82) is 0 Å². The van der Waals surface area contributed by atoms with E-state index in [1.54, 1.807) is 0 Å². The van der Waals surface area contributed by atoms with Gasteiger partial charge in [0.1, 0.15) is 11.0 Å². The monoisotopic (exact) mass is 347 g/mol. The van der Waals surface area contributed by atoms with Crippen molar-refractivity contribution in [2.45, 2.75) is 52.9 Å². The standard InChI is InChI=1S/C17H21ClN2.C2H4O2/c1-3-5-11-16-19-15(14(4-2)17(18)20-16)12-13-9-7-6-8-10-13;1-2(3)4/h6-10H,3-5,11-12H2,1-2H3;1H3,(H,3,4)/p-1. The van der Waals surface area contributed by atoms with Crippen LogP contribution in [0.2, 0.25) is 5.15 Å². The first-order valence-corrected chi connectivity index (χ1v) is 8.61. The fourth-order valence-corrected chi connectivity index (χ4v) is 2.62. The van der Waals surface area contributed by atoms with Gasteiger partial charge in [-0.3, -0.25) is 0 Å². The number of aromatic nitrogens is 2. The zero-order valence-corrected chi connectivity index (χ0v) is 15.3. The molecule has 1 aromatic carbocycles. The molecule has 5 heteroatoms. The molecule has 1 heterocycles. The van der Waals surface area contributed by atoms with E-state index in [1.165, 1.54) is 5.56 Å². The van der Waals surface area contributed by atoms with Crippen LogP contribution in [0.3, 0.4) is 0 Å². The van der Waals surface area contributed by atoms with Crippen molar-refractivity contribution in [2.24, 2.45) is 0 Å². The highest BCUT2D eigenvalue weighted by Crippen LogP contribution is 2.21. The van der Waals surface area contributed by atoms with Crippen molar-refractivity contribution >= 4 is 17.6 Å². The van der Waals surface area contributed by atoms with E-state index >= 15 is 0 Å². The minimum absolute atomic E-state index is 0.625. The summed E-state index contributed by atoms with van der Waals surface area (Å²) in [5.74, 6) is -0.208. The predicted molar refractivity (Wildman–Crippen MR) is 95.0 cm³/mol. The van der Waals surface area contributed by atoms with E-state index in [0.29, 0.717) is 5.15 Å². The van der Waals surface area contributed by atoms with E-state index in [2.05, 4.69) is 43.1 Å². The van der Waals surface area contributed by atoms with Gasteiger partial charge in [-0.05, 0) is 25.3 Å². The Morgan fingerprint density at radius 1 is 1.17 bits per heavy atom. The number of halogens is 1. The molecule has 0 spiro atoms. The average Bonchev–Trinajstić information content (AvgIpc) is 2.53. The third-order valence-corrected chi connectivity index (χ3v) is 3.72. The van der Waals surface area contributed by atoms with Gasteiger partial charge in [0.2, 0.25) is 0 Å². The summed E-state index contributed by atoms with van der Waals surface area (Å²) in [7, 11) is 0. The van der Waals surface area contributed by atoms with Crippen LogP contribution in [0.5, 0.6) is 0 Å². The Bertz CT molecular complexity index is 641. The summed E-state index contributed by atoms with van der Waals surface area (Å²) in [6.45, 7) is 5.25. The molecule has 0 aliphatic carbocycles. The largest absolute Gasteiger partial charge is 0.550 e. The summed E-state index contributed by atoms with van der Waals surface area (Å²) < 4.78 is 0. The Balaban J connectivity index is 0.000000648. The maximum absolute atomic E-state index is 8.89. The van der Waals surface area contributed by atoms with Crippen molar-refractivity contribution in [3.63, 3.8) is 0 Å². The van der Waals surface area contributed by atoms with E-state index in [1.807, 2.05) is 6.07 Å². The van der Waals surface area contributed by atoms with Gasteiger partial charge < -0.3 is 9.90 Å². The number of carboxylic acid groups (broad SMARTS) is 1. The number of nitrogens with zero attached hydrogens (tertiary/aromatic N) is 2. The minimum Gasteiger partial charge on any atom is -0.550 e. The molecule has 0 saturated carbocycles. The van der Waals surface area contributed by atoms with E-state index in [-0.39, 0.29) is 0 Å². The van der Waals surface area contributed by atoms with E-state index in [0.717, 1.165) is 56.1 Å². The average molecular weight is 348 g/mol. The first-order valence-electron chi connectivity index (χ1n) is 8.23. The first-order chi connectivity index (χ1) is 11.5. The summed E-state index contributed by atoms with van der Waals surface area (Å²) in [5, 5.41) is 9.51. The number of unbranched alkanes of at least 4 members (excludes halogenated alkanes) is 1. The fourth-order valence-electron chi connectivity index (χ4n) is 2.28. The van der Waals surface area contributed by atoms with Crippen LogP contribution in [0.25, 0.3) is 0 Å². The number of carboxylic acids is 1. The van der Waals surface area contributed by atoms with E-state index in [4.69, 9.17) is 26.5 Å². The number of aryl methyl sites for hydroxylation is 1. The van der Waals surface area contributed by atoms with Crippen molar-refractivity contribution in [3.8, 4) is 0 Å².